The molecule has 0 spiro atoms. The lowest BCUT2D eigenvalue weighted by Gasteiger charge is -2.38. The Balaban J connectivity index is 1.33. The highest BCUT2D eigenvalue weighted by Crippen LogP contribution is 2.31. The normalized spacial score (nSPS) is 17.6. The average molecular weight is 634 g/mol. The Kier molecular flexibility index (Phi) is 9.76. The van der Waals surface area contributed by atoms with E-state index in [4.69, 9.17) is 9.47 Å². The number of amides is 1. The van der Waals surface area contributed by atoms with E-state index >= 15 is 0 Å². The topological polar surface area (TPSA) is 126 Å². The molecule has 0 fully saturated rings. The fourth-order valence-electron chi connectivity index (χ4n) is 5.21. The molecule has 5 rings (SSSR count). The largest absolute Gasteiger partial charge is 0.488 e. The molecule has 0 bridgehead atoms. The first-order chi connectivity index (χ1) is 21.5. The van der Waals surface area contributed by atoms with Crippen LogP contribution in [0.15, 0.2) is 90.3 Å². The predicted octanol–water partition coefficient (Wildman–Crippen LogP) is 4.37. The summed E-state index contributed by atoms with van der Waals surface area (Å²) in [5.41, 5.74) is 1.52. The second-order valence-electron chi connectivity index (χ2n) is 11.6. The van der Waals surface area contributed by atoms with Gasteiger partial charge in [0.1, 0.15) is 23.4 Å². The number of sulfonamides is 1. The molecule has 11 nitrogen and oxygen atoms in total. The third-order valence-corrected chi connectivity index (χ3v) is 8.99. The Hall–Kier alpha value is -4.39. The SMILES string of the molecule is C[C@H]1CN([C@@H](C)CO)C(=O)c2cc(NS(=O)(=O)c3cn(C)cn3)ccc2O[C@@H]1CN(C)Cc1ccc(Oc2ccccc2)cc1. The van der Waals surface area contributed by atoms with Crippen LogP contribution >= 0.6 is 0 Å². The molecule has 238 valence electrons. The van der Waals surface area contributed by atoms with Gasteiger partial charge < -0.3 is 24.0 Å². The van der Waals surface area contributed by atoms with Crippen molar-refractivity contribution in [2.75, 3.05) is 31.5 Å². The van der Waals surface area contributed by atoms with E-state index in [1.807, 2.05) is 68.6 Å². The summed E-state index contributed by atoms with van der Waals surface area (Å²) < 4.78 is 42.3. The number of carbonyl (C=O) groups excluding carboxylic acids is 1. The molecule has 45 heavy (non-hydrogen) atoms. The maximum Gasteiger partial charge on any atom is 0.280 e. The van der Waals surface area contributed by atoms with Crippen LogP contribution in [0.1, 0.15) is 29.8 Å². The van der Waals surface area contributed by atoms with Gasteiger partial charge >= 0.3 is 0 Å². The molecule has 12 heteroatoms. The van der Waals surface area contributed by atoms with Crippen molar-refractivity contribution in [2.24, 2.45) is 13.0 Å². The Labute approximate surface area is 264 Å². The van der Waals surface area contributed by atoms with Crippen molar-refractivity contribution >= 4 is 21.6 Å². The predicted molar refractivity (Wildman–Crippen MR) is 171 cm³/mol. The summed E-state index contributed by atoms with van der Waals surface area (Å²) in [5, 5.41) is 9.84. The van der Waals surface area contributed by atoms with Crippen LogP contribution in [0, 0.1) is 5.92 Å². The number of hydrogen-bond acceptors (Lipinski definition) is 8. The van der Waals surface area contributed by atoms with E-state index in [1.54, 1.807) is 31.0 Å². The molecule has 3 atom stereocenters. The van der Waals surface area contributed by atoms with Gasteiger partial charge in [-0.2, -0.15) is 8.42 Å². The number of likely N-dealkylation sites (N-methyl/N-ethyl adjacent to an activating group) is 1. The summed E-state index contributed by atoms with van der Waals surface area (Å²) in [7, 11) is -0.283. The monoisotopic (exact) mass is 633 g/mol. The first-order valence-corrected chi connectivity index (χ1v) is 16.2. The van der Waals surface area contributed by atoms with Gasteiger partial charge in [0.15, 0.2) is 5.03 Å². The van der Waals surface area contributed by atoms with Crippen LogP contribution in [0.5, 0.6) is 17.2 Å². The number of rotatable bonds is 11. The van der Waals surface area contributed by atoms with Crippen molar-refractivity contribution in [2.45, 2.75) is 37.6 Å². The van der Waals surface area contributed by atoms with Gasteiger partial charge in [-0.3, -0.25) is 14.4 Å². The number of aryl methyl sites for hydroxylation is 1. The van der Waals surface area contributed by atoms with Gasteiger partial charge in [-0.15, -0.1) is 0 Å². The van der Waals surface area contributed by atoms with Crippen molar-refractivity contribution in [1.29, 1.82) is 0 Å². The maximum atomic E-state index is 13.8. The molecule has 1 aromatic heterocycles. The highest BCUT2D eigenvalue weighted by molar-refractivity contribution is 7.92. The number of aromatic nitrogens is 2. The number of nitrogens with zero attached hydrogens (tertiary/aromatic N) is 4. The zero-order chi connectivity index (χ0) is 32.1. The lowest BCUT2D eigenvalue weighted by atomic mass is 9.99. The lowest BCUT2D eigenvalue weighted by Crippen LogP contribution is -2.49. The molecule has 2 heterocycles. The zero-order valence-corrected chi connectivity index (χ0v) is 26.6. The summed E-state index contributed by atoms with van der Waals surface area (Å²) >= 11 is 0. The number of carbonyl (C=O) groups is 1. The van der Waals surface area contributed by atoms with E-state index in [9.17, 15) is 18.3 Å². The molecule has 1 aliphatic rings. The first-order valence-electron chi connectivity index (χ1n) is 14.8. The van der Waals surface area contributed by atoms with Gasteiger partial charge in [-0.05, 0) is 62.0 Å². The fraction of sp³-hybridized carbons (Fsp3) is 0.333. The minimum atomic E-state index is -3.97. The first kappa shape index (κ1) is 32.0. The van der Waals surface area contributed by atoms with Crippen molar-refractivity contribution in [1.82, 2.24) is 19.4 Å². The Bertz CT molecular complexity index is 1710. The van der Waals surface area contributed by atoms with Crippen LogP contribution in [0.3, 0.4) is 0 Å². The number of hydrogen-bond donors (Lipinski definition) is 2. The van der Waals surface area contributed by atoms with Crippen LogP contribution in [0.4, 0.5) is 5.69 Å². The number of ether oxygens (including phenoxy) is 2. The minimum Gasteiger partial charge on any atom is -0.488 e. The number of imidazole rings is 1. The molecular weight excluding hydrogens is 594 g/mol. The van der Waals surface area contributed by atoms with Gasteiger partial charge in [0.25, 0.3) is 15.9 Å². The Morgan fingerprint density at radius 1 is 1.11 bits per heavy atom. The summed E-state index contributed by atoms with van der Waals surface area (Å²) in [5.74, 6) is 1.47. The number of anilines is 1. The van der Waals surface area contributed by atoms with E-state index in [-0.39, 0.29) is 40.8 Å². The van der Waals surface area contributed by atoms with Crippen molar-refractivity contribution in [3.8, 4) is 17.2 Å². The van der Waals surface area contributed by atoms with Crippen LogP contribution < -0.4 is 14.2 Å². The molecule has 2 N–H and O–H groups in total. The zero-order valence-electron chi connectivity index (χ0n) is 25.8. The van der Waals surface area contributed by atoms with Gasteiger partial charge in [0.05, 0.1) is 24.5 Å². The summed E-state index contributed by atoms with van der Waals surface area (Å²) in [6.07, 6.45) is 2.49. The molecule has 0 aliphatic carbocycles. The summed E-state index contributed by atoms with van der Waals surface area (Å²) in [6.45, 7) is 5.18. The molecule has 1 amide bonds. The molecule has 4 aromatic rings. The molecular formula is C33H39N5O6S. The summed E-state index contributed by atoms with van der Waals surface area (Å²) in [4.78, 5) is 21.5. The number of fused-ring (bicyclic) bond motifs is 1. The number of aliphatic hydroxyl groups excluding tert-OH is 1. The van der Waals surface area contributed by atoms with Crippen molar-refractivity contribution in [3.63, 3.8) is 0 Å². The minimum absolute atomic E-state index is 0.0671. The van der Waals surface area contributed by atoms with Gasteiger partial charge in [-0.1, -0.05) is 37.3 Å². The Morgan fingerprint density at radius 2 is 1.82 bits per heavy atom. The van der Waals surface area contributed by atoms with Gasteiger partial charge in [0.2, 0.25) is 0 Å². The third-order valence-electron chi connectivity index (χ3n) is 7.72. The van der Waals surface area contributed by atoms with Crippen LogP contribution in [-0.2, 0) is 23.6 Å². The molecule has 1 aliphatic heterocycles. The highest BCUT2D eigenvalue weighted by Gasteiger charge is 2.34. The number of nitrogens with one attached hydrogen (secondary N) is 1. The smallest absolute Gasteiger partial charge is 0.280 e. The second kappa shape index (κ2) is 13.7. The molecule has 0 radical (unpaired) electrons. The number of para-hydroxylation sites is 1. The highest BCUT2D eigenvalue weighted by atomic mass is 32.2. The van der Waals surface area contributed by atoms with Crippen LogP contribution in [0.2, 0.25) is 0 Å². The quantitative estimate of drug-likeness (QED) is 0.250. The van der Waals surface area contributed by atoms with E-state index in [2.05, 4.69) is 14.6 Å². The van der Waals surface area contributed by atoms with E-state index in [1.165, 1.54) is 23.2 Å². The van der Waals surface area contributed by atoms with Crippen LogP contribution in [0.25, 0.3) is 0 Å². The average Bonchev–Trinajstić information content (AvgIpc) is 3.47. The molecule has 0 saturated carbocycles. The fourth-order valence-corrected chi connectivity index (χ4v) is 6.24. The Morgan fingerprint density at radius 3 is 2.49 bits per heavy atom. The van der Waals surface area contributed by atoms with E-state index < -0.39 is 16.1 Å². The molecule has 0 unspecified atom stereocenters. The second-order valence-corrected chi connectivity index (χ2v) is 13.2. The maximum absolute atomic E-state index is 13.8. The third kappa shape index (κ3) is 7.83. The van der Waals surface area contributed by atoms with E-state index in [0.29, 0.717) is 25.4 Å². The molecule has 3 aromatic carbocycles. The van der Waals surface area contributed by atoms with Crippen molar-refractivity contribution in [3.05, 3.63) is 96.4 Å². The standard InChI is InChI=1S/C33H39N5O6S/c1-23-17-38(24(2)21-39)33(40)29-16-26(35-45(41,42)32-20-37(4)22-34-32)12-15-30(29)44-31(23)19-36(3)18-25-10-13-28(14-11-25)43-27-8-6-5-7-9-27/h5-16,20,22-24,31,35,39H,17-19,21H2,1-4H3/t23-,24-,31+/m0/s1. The summed E-state index contributed by atoms with van der Waals surface area (Å²) in [6, 6.07) is 21.8. The van der Waals surface area contributed by atoms with Crippen LogP contribution in [-0.4, -0.2) is 77.7 Å². The van der Waals surface area contributed by atoms with Gasteiger partial charge in [0, 0.05) is 44.5 Å². The van der Waals surface area contributed by atoms with Gasteiger partial charge in [-0.25, -0.2) is 4.98 Å². The number of benzene rings is 3. The number of aliphatic hydroxyl groups is 1. The van der Waals surface area contributed by atoms with E-state index in [0.717, 1.165) is 17.1 Å². The lowest BCUT2D eigenvalue weighted by molar-refractivity contribution is 0.0341. The van der Waals surface area contributed by atoms with Crippen molar-refractivity contribution < 1.29 is 27.8 Å². The molecule has 0 saturated heterocycles.